The van der Waals surface area contributed by atoms with Gasteiger partial charge in [-0.25, -0.2) is 4.79 Å². The number of halogens is 1. The number of likely N-dealkylation sites (tertiary alicyclic amines) is 1. The van der Waals surface area contributed by atoms with Gasteiger partial charge in [0.05, 0.1) is 70.5 Å². The molecular weight excluding hydrogens is 1170 g/mol. The van der Waals surface area contributed by atoms with Crippen LogP contribution in [0.3, 0.4) is 0 Å². The summed E-state index contributed by atoms with van der Waals surface area (Å²) in [6, 6.07) is 0. The van der Waals surface area contributed by atoms with E-state index in [9.17, 15) is 4.79 Å². The van der Waals surface area contributed by atoms with Crippen molar-refractivity contribution >= 4 is 297 Å². The maximum absolute atomic E-state index is 12.0. The Labute approximate surface area is 496 Å². The fourth-order valence-electron chi connectivity index (χ4n) is 27.3. The summed E-state index contributed by atoms with van der Waals surface area (Å²) in [6.07, 6.45) is 1.36. The summed E-state index contributed by atoms with van der Waals surface area (Å²) >= 11 is 0. The van der Waals surface area contributed by atoms with Crippen molar-refractivity contribution in [3.05, 3.63) is 22.3 Å². The highest BCUT2D eigenvalue weighted by Gasteiger charge is 2.76. The van der Waals surface area contributed by atoms with E-state index >= 15 is 0 Å². The van der Waals surface area contributed by atoms with Crippen LogP contribution in [0, 0.1) is 0 Å². The molecule has 0 saturated carbocycles. The zero-order valence-electron chi connectivity index (χ0n) is 46.9. The molecular formula is C78H37IN2O5. The minimum atomic E-state index is -0.503. The predicted octanol–water partition coefficient (Wildman–Crippen LogP) is 15.1. The van der Waals surface area contributed by atoms with E-state index in [2.05, 4.69) is 12.4 Å². The SMILES string of the molecule is CC(C)(C)OC(=O)NCCCOCCOCCOCCC[N+]1(C)CC23c4c5c6c7c8c9c(c%10c%11c2c2c4c4c%12c5c5c6c6c8c8c%13c9c9c%10c%10c%11c%11c2c2c4c4c%12c%12c5c5c6c8c6c8c%13c9c9c%10c%10c%11c2c2c4c4c%12c5c6c5c8c9c%10c2c45)C73C1.[I-]. The third-order valence-corrected chi connectivity index (χ3v) is 27.8. The van der Waals surface area contributed by atoms with Gasteiger partial charge in [-0.15, -0.1) is 0 Å². The summed E-state index contributed by atoms with van der Waals surface area (Å²) in [7, 11) is 2.71. The van der Waals surface area contributed by atoms with E-state index in [0.29, 0.717) is 39.6 Å². The molecule has 5 aliphatic rings. The van der Waals surface area contributed by atoms with Crippen LogP contribution in [0.2, 0.25) is 0 Å². The maximum atomic E-state index is 12.0. The number of nitrogens with one attached hydrogen (secondary N) is 1. The largest absolute Gasteiger partial charge is 1.00 e. The number of quaternary nitrogens is 1. The van der Waals surface area contributed by atoms with Gasteiger partial charge in [-0.2, -0.15) is 0 Å². The highest BCUT2D eigenvalue weighted by atomic mass is 127. The average Bonchev–Trinajstić information content (AvgIpc) is 1.38. The smallest absolute Gasteiger partial charge is 0.407 e. The molecule has 1 heterocycles. The van der Waals surface area contributed by atoms with E-state index in [1.165, 1.54) is 0 Å². The number of likely N-dealkylation sites (N-methyl/N-ethyl adjacent to an activating group) is 1. The van der Waals surface area contributed by atoms with Gasteiger partial charge in [0.15, 0.2) is 0 Å². The van der Waals surface area contributed by atoms with Crippen LogP contribution in [-0.2, 0) is 29.8 Å². The number of carbonyl (C=O) groups is 1. The van der Waals surface area contributed by atoms with Crippen LogP contribution in [0.25, 0.3) is 291 Å². The van der Waals surface area contributed by atoms with E-state index < -0.39 is 5.60 Å². The molecule has 396 valence electrons. The van der Waals surface area contributed by atoms with Crippen molar-refractivity contribution in [2.75, 3.05) is 72.9 Å². The normalized spacial score (nSPS) is 22.3. The lowest BCUT2D eigenvalue weighted by Gasteiger charge is -2.47. The molecule has 8 heteroatoms. The molecule has 2 spiro atoms. The van der Waals surface area contributed by atoms with Crippen LogP contribution < -0.4 is 29.3 Å². The first-order chi connectivity index (χ1) is 41.8. The van der Waals surface area contributed by atoms with Crippen molar-refractivity contribution in [2.24, 2.45) is 0 Å². The molecule has 4 aliphatic carbocycles. The number of hydrogen-bond acceptors (Lipinski definition) is 5. The second-order valence-electron chi connectivity index (χ2n) is 31.2. The zero-order chi connectivity index (χ0) is 53.1. The zero-order valence-corrected chi connectivity index (χ0v) is 49.0. The number of amides is 1. The summed E-state index contributed by atoms with van der Waals surface area (Å²) < 4.78 is 24.8. The molecule has 1 N–H and O–H groups in total. The van der Waals surface area contributed by atoms with Gasteiger partial charge in [-0.3, -0.25) is 0 Å². The van der Waals surface area contributed by atoms with Gasteiger partial charge in [0, 0.05) is 19.6 Å². The van der Waals surface area contributed by atoms with Crippen LogP contribution >= 0.6 is 0 Å². The summed E-state index contributed by atoms with van der Waals surface area (Å²) in [4.78, 5) is 12.0. The molecule has 1 amide bonds. The molecule has 0 aromatic heterocycles. The van der Waals surface area contributed by atoms with Gasteiger partial charge < -0.3 is 52.7 Å². The first-order valence-electron chi connectivity index (χ1n) is 32.1. The van der Waals surface area contributed by atoms with Gasteiger partial charge in [-0.1, -0.05) is 0 Å². The van der Waals surface area contributed by atoms with E-state index in [1.807, 2.05) is 20.8 Å². The molecule has 33 rings (SSSR count). The Morgan fingerprint density at radius 2 is 0.535 bits per heavy atom. The first-order valence-corrected chi connectivity index (χ1v) is 32.1. The summed E-state index contributed by atoms with van der Waals surface area (Å²) in [5.41, 5.74) is 6.24. The van der Waals surface area contributed by atoms with Crippen LogP contribution in [0.15, 0.2) is 0 Å². The molecule has 1 aliphatic heterocycles. The van der Waals surface area contributed by atoms with E-state index in [0.717, 1.165) is 43.6 Å². The van der Waals surface area contributed by atoms with Gasteiger partial charge >= 0.3 is 6.09 Å². The summed E-state index contributed by atoms with van der Waals surface area (Å²) in [5, 5.41) is 93.0. The molecule has 0 unspecified atom stereocenters. The second-order valence-corrected chi connectivity index (χ2v) is 31.2. The number of alkyl carbamates (subject to hydrolysis) is 1. The number of ether oxygens (including phenoxy) is 4. The Bertz CT molecular complexity index is 7020. The van der Waals surface area contributed by atoms with Crippen molar-refractivity contribution in [1.29, 1.82) is 0 Å². The Morgan fingerprint density at radius 3 is 0.756 bits per heavy atom. The van der Waals surface area contributed by atoms with Gasteiger partial charge in [0.2, 0.25) is 0 Å². The highest BCUT2D eigenvalue weighted by molar-refractivity contribution is 6.82. The van der Waals surface area contributed by atoms with Crippen molar-refractivity contribution in [2.45, 2.75) is 50.0 Å². The number of carbonyl (C=O) groups excluding carboxylic acids is 1. The third-order valence-electron chi connectivity index (χ3n) is 27.8. The van der Waals surface area contributed by atoms with Crippen molar-refractivity contribution in [1.82, 2.24) is 5.32 Å². The number of hydrogen-bond donors (Lipinski definition) is 1. The molecule has 28 aromatic carbocycles. The Morgan fingerprint density at radius 1 is 0.337 bits per heavy atom. The van der Waals surface area contributed by atoms with E-state index in [-0.39, 0.29) is 40.9 Å². The fourth-order valence-corrected chi connectivity index (χ4v) is 27.3. The molecule has 1 saturated heterocycles. The van der Waals surface area contributed by atoms with Crippen LogP contribution in [-0.4, -0.2) is 89.0 Å². The minimum Gasteiger partial charge on any atom is -1.00 e. The van der Waals surface area contributed by atoms with Crippen molar-refractivity contribution in [3.8, 4) is 0 Å². The molecule has 28 aromatic rings. The van der Waals surface area contributed by atoms with Gasteiger partial charge in [-0.05, 0) is 340 Å². The number of rotatable bonds is 14. The van der Waals surface area contributed by atoms with Crippen molar-refractivity contribution < 1.29 is 52.2 Å². The molecule has 0 atom stereocenters. The number of nitrogens with zero attached hydrogens (tertiary/aromatic N) is 1. The van der Waals surface area contributed by atoms with E-state index in [1.54, 1.807) is 313 Å². The second kappa shape index (κ2) is 10.2. The van der Waals surface area contributed by atoms with Crippen LogP contribution in [0.5, 0.6) is 0 Å². The van der Waals surface area contributed by atoms with Crippen LogP contribution in [0.4, 0.5) is 4.79 Å². The Hall–Kier alpha value is -7.70. The lowest BCUT2D eigenvalue weighted by molar-refractivity contribution is -0.900. The summed E-state index contributed by atoms with van der Waals surface area (Å²) in [5.74, 6) is 0. The monoisotopic (exact) mass is 1210 g/mol. The van der Waals surface area contributed by atoms with Crippen molar-refractivity contribution in [3.63, 3.8) is 0 Å². The third kappa shape index (κ3) is 2.70. The number of benzene rings is 18. The molecule has 0 radical (unpaired) electrons. The molecule has 86 heavy (non-hydrogen) atoms. The average molecular weight is 1210 g/mol. The minimum absolute atomic E-state index is 0. The first kappa shape index (κ1) is 39.9. The van der Waals surface area contributed by atoms with Gasteiger partial charge in [0.25, 0.3) is 0 Å². The highest BCUT2D eigenvalue weighted by Crippen LogP contribution is 2.85. The predicted molar refractivity (Wildman–Crippen MR) is 351 cm³/mol. The van der Waals surface area contributed by atoms with Gasteiger partial charge in [0.1, 0.15) is 5.60 Å². The van der Waals surface area contributed by atoms with E-state index in [4.69, 9.17) is 18.9 Å². The Balaban J connectivity index is 0.00000420. The Kier molecular flexibility index (Phi) is 4.72. The molecule has 1 fully saturated rings. The molecule has 0 bridgehead atoms. The quantitative estimate of drug-likeness (QED) is 0.0509. The molecule has 7 nitrogen and oxygen atoms in total. The standard InChI is InChI=1S/C78H36N2O5.HI/c1-76(2,3)85-75(81)79-7-5-9-82-11-13-84-14-12-83-10-6-8-80(4)15-77-71-63-55-45-35-27-19-17-18-21-25-23(19)31-39-33(25)43-37-29(21)30-22(18)26-24-20(17)28(27)36-42-32(24)40-34(26)44-38(30)48-47(37)57-51(43)61-53(39)59(49(55)41(31)35)67(71)69(61)73-65(57)66-58(48)52(44)62-54(40)60-50(42)56(46(36)45)64(63)72(77)68(60)70(62)74(66)78(73,77)16-80;/h5-16H2,1-4H3;1H. The summed E-state index contributed by atoms with van der Waals surface area (Å²) in [6.45, 7) is 13.0. The fraction of sp³-hybridized carbons (Fsp3) is 0.244. The lowest BCUT2D eigenvalue weighted by atomic mass is 9.50. The topological polar surface area (TPSA) is 66.0 Å². The lowest BCUT2D eigenvalue weighted by Crippen LogP contribution is -3.00. The maximum Gasteiger partial charge on any atom is 0.407 e. The van der Waals surface area contributed by atoms with Crippen LogP contribution in [0.1, 0.15) is 55.9 Å².